The molecule has 1 saturated carbocycles. The van der Waals surface area contributed by atoms with Gasteiger partial charge in [-0.05, 0) is 37.8 Å². The summed E-state index contributed by atoms with van der Waals surface area (Å²) < 4.78 is 27.7. The van der Waals surface area contributed by atoms with Crippen LogP contribution in [-0.4, -0.2) is 27.5 Å². The van der Waals surface area contributed by atoms with Crippen LogP contribution in [0.15, 0.2) is 12.3 Å². The number of rotatable bonds is 3. The van der Waals surface area contributed by atoms with Gasteiger partial charge in [0.15, 0.2) is 0 Å². The number of anilines is 1. The average Bonchev–Trinajstić information content (AvgIpc) is 2.29. The van der Waals surface area contributed by atoms with Gasteiger partial charge in [0.2, 0.25) is 0 Å². The Hall–Kier alpha value is -1.27. The van der Waals surface area contributed by atoms with Crippen LogP contribution in [0.4, 0.5) is 14.5 Å². The number of nitrogens with zero attached hydrogens (tertiary/aromatic N) is 1. The second-order valence-corrected chi connectivity index (χ2v) is 5.12. The first-order chi connectivity index (χ1) is 8.76. The van der Waals surface area contributed by atoms with Gasteiger partial charge in [0, 0.05) is 0 Å². The Morgan fingerprint density at radius 3 is 2.68 bits per heavy atom. The number of aromatic nitrogens is 1. The number of carbonyl (C=O) groups excluding carboxylic acids is 1. The van der Waals surface area contributed by atoms with E-state index in [1.165, 1.54) is 12.3 Å². The molecule has 2 rings (SSSR count). The van der Waals surface area contributed by atoms with E-state index < -0.39 is 17.4 Å². The van der Waals surface area contributed by atoms with Gasteiger partial charge >= 0.3 is 5.92 Å². The fourth-order valence-electron chi connectivity index (χ4n) is 1.89. The standard InChI is InChI=1S/C12H13ClF2N2O2/c1-7-5-9(13)16-6-8(7)17-10(18)12(14,15)11(19)3-2-4-11/h5-6,19H,2-4H2,1H3,(H,17,18). The minimum Gasteiger partial charge on any atom is -0.383 e. The number of nitrogens with one attached hydrogen (secondary N) is 1. The molecule has 2 N–H and O–H groups in total. The van der Waals surface area contributed by atoms with Crippen LogP contribution in [-0.2, 0) is 4.79 Å². The van der Waals surface area contributed by atoms with Crippen LogP contribution < -0.4 is 5.32 Å². The van der Waals surface area contributed by atoms with Crippen molar-refractivity contribution in [3.05, 3.63) is 23.0 Å². The Kier molecular flexibility index (Phi) is 3.49. The first-order valence-electron chi connectivity index (χ1n) is 5.80. The van der Waals surface area contributed by atoms with Crippen LogP contribution in [0, 0.1) is 6.92 Å². The summed E-state index contributed by atoms with van der Waals surface area (Å²) in [6.45, 7) is 1.61. The van der Waals surface area contributed by atoms with Gasteiger partial charge in [-0.3, -0.25) is 4.79 Å². The van der Waals surface area contributed by atoms with Crippen molar-refractivity contribution in [2.45, 2.75) is 37.7 Å². The molecule has 0 bridgehead atoms. The molecule has 19 heavy (non-hydrogen) atoms. The third-order valence-corrected chi connectivity index (χ3v) is 3.58. The fraction of sp³-hybridized carbons (Fsp3) is 0.500. The average molecular weight is 291 g/mol. The smallest absolute Gasteiger partial charge is 0.352 e. The molecule has 4 nitrogen and oxygen atoms in total. The molecule has 1 aliphatic carbocycles. The summed E-state index contributed by atoms with van der Waals surface area (Å²) in [4.78, 5) is 15.3. The molecule has 0 aliphatic heterocycles. The molecule has 0 atom stereocenters. The lowest BCUT2D eigenvalue weighted by Gasteiger charge is -2.41. The van der Waals surface area contributed by atoms with Crippen molar-refractivity contribution in [2.75, 3.05) is 5.32 Å². The number of hydrogen-bond acceptors (Lipinski definition) is 3. The number of halogens is 3. The lowest BCUT2D eigenvalue weighted by atomic mass is 9.75. The number of aliphatic hydroxyl groups is 1. The molecule has 1 fully saturated rings. The third kappa shape index (κ3) is 2.42. The number of pyridine rings is 1. The van der Waals surface area contributed by atoms with Gasteiger partial charge in [-0.2, -0.15) is 8.78 Å². The fourth-order valence-corrected chi connectivity index (χ4v) is 2.10. The quantitative estimate of drug-likeness (QED) is 0.841. The zero-order valence-electron chi connectivity index (χ0n) is 10.2. The SMILES string of the molecule is Cc1cc(Cl)ncc1NC(=O)C(F)(F)C1(O)CCC1. The van der Waals surface area contributed by atoms with E-state index in [9.17, 15) is 18.7 Å². The van der Waals surface area contributed by atoms with Gasteiger partial charge < -0.3 is 10.4 Å². The Bertz CT molecular complexity index is 518. The van der Waals surface area contributed by atoms with E-state index in [4.69, 9.17) is 11.6 Å². The second-order valence-electron chi connectivity index (χ2n) is 4.74. The van der Waals surface area contributed by atoms with Crippen LogP contribution >= 0.6 is 11.6 Å². The zero-order chi connectivity index (χ0) is 14.3. The van der Waals surface area contributed by atoms with Gasteiger partial charge in [-0.15, -0.1) is 0 Å². The molecule has 0 unspecified atom stereocenters. The molecule has 7 heteroatoms. The number of alkyl halides is 2. The second kappa shape index (κ2) is 4.68. The van der Waals surface area contributed by atoms with E-state index in [1.54, 1.807) is 6.92 Å². The molecule has 104 valence electrons. The Morgan fingerprint density at radius 2 is 2.21 bits per heavy atom. The number of hydrogen-bond donors (Lipinski definition) is 2. The predicted octanol–water partition coefficient (Wildman–Crippen LogP) is 2.53. The Balaban J connectivity index is 2.16. The number of aryl methyl sites for hydroxylation is 1. The maximum Gasteiger partial charge on any atom is 0.352 e. The Morgan fingerprint density at radius 1 is 1.58 bits per heavy atom. The van der Waals surface area contributed by atoms with Crippen molar-refractivity contribution >= 4 is 23.2 Å². The van der Waals surface area contributed by atoms with Crippen LogP contribution in [0.5, 0.6) is 0 Å². The van der Waals surface area contributed by atoms with E-state index in [-0.39, 0.29) is 23.7 Å². The van der Waals surface area contributed by atoms with Crippen LogP contribution in [0.1, 0.15) is 24.8 Å². The first-order valence-corrected chi connectivity index (χ1v) is 6.18. The highest BCUT2D eigenvalue weighted by atomic mass is 35.5. The molecule has 0 aromatic carbocycles. The minimum atomic E-state index is -3.82. The molecule has 1 heterocycles. The van der Waals surface area contributed by atoms with Gasteiger partial charge in [0.1, 0.15) is 10.8 Å². The van der Waals surface area contributed by atoms with Crippen molar-refractivity contribution < 1.29 is 18.7 Å². The van der Waals surface area contributed by atoms with E-state index >= 15 is 0 Å². The maximum atomic E-state index is 13.8. The first kappa shape index (κ1) is 14.1. The van der Waals surface area contributed by atoms with Crippen LogP contribution in [0.2, 0.25) is 5.15 Å². The molecule has 1 aromatic heterocycles. The van der Waals surface area contributed by atoms with E-state index in [0.717, 1.165) is 0 Å². The van der Waals surface area contributed by atoms with Gasteiger partial charge in [-0.25, -0.2) is 4.98 Å². The number of amides is 1. The van der Waals surface area contributed by atoms with Crippen molar-refractivity contribution in [3.63, 3.8) is 0 Å². The van der Waals surface area contributed by atoms with E-state index in [2.05, 4.69) is 10.3 Å². The van der Waals surface area contributed by atoms with Crippen molar-refractivity contribution in [1.29, 1.82) is 0 Å². The maximum absolute atomic E-state index is 13.8. The van der Waals surface area contributed by atoms with Crippen molar-refractivity contribution in [2.24, 2.45) is 0 Å². The minimum absolute atomic E-state index is 0.0781. The van der Waals surface area contributed by atoms with Crippen LogP contribution in [0.25, 0.3) is 0 Å². The van der Waals surface area contributed by atoms with E-state index in [1.807, 2.05) is 0 Å². The molecule has 1 amide bonds. The highest BCUT2D eigenvalue weighted by Gasteiger charge is 2.61. The lowest BCUT2D eigenvalue weighted by Crippen LogP contribution is -2.59. The summed E-state index contributed by atoms with van der Waals surface area (Å²) in [6, 6.07) is 1.45. The monoisotopic (exact) mass is 290 g/mol. The summed E-state index contributed by atoms with van der Waals surface area (Å²) in [7, 11) is 0. The van der Waals surface area contributed by atoms with Gasteiger partial charge in [0.05, 0.1) is 11.9 Å². The molecule has 0 spiro atoms. The molecular formula is C12H13ClF2N2O2. The topological polar surface area (TPSA) is 62.2 Å². The predicted molar refractivity (Wildman–Crippen MR) is 66.4 cm³/mol. The van der Waals surface area contributed by atoms with Crippen molar-refractivity contribution in [1.82, 2.24) is 4.98 Å². The normalized spacial score (nSPS) is 17.7. The summed E-state index contributed by atoms with van der Waals surface area (Å²) in [5.74, 6) is -5.35. The molecule has 0 saturated heterocycles. The third-order valence-electron chi connectivity index (χ3n) is 3.38. The summed E-state index contributed by atoms with van der Waals surface area (Å²) in [6.07, 6.45) is 1.54. The zero-order valence-corrected chi connectivity index (χ0v) is 11.0. The number of carbonyl (C=O) groups is 1. The highest BCUT2D eigenvalue weighted by Crippen LogP contribution is 2.44. The molecular weight excluding hydrogens is 278 g/mol. The summed E-state index contributed by atoms with van der Waals surface area (Å²) in [5, 5.41) is 11.9. The lowest BCUT2D eigenvalue weighted by molar-refractivity contribution is -0.212. The van der Waals surface area contributed by atoms with Crippen LogP contribution in [0.3, 0.4) is 0 Å². The summed E-state index contributed by atoms with van der Waals surface area (Å²) >= 11 is 5.64. The van der Waals surface area contributed by atoms with Gasteiger partial charge in [-0.1, -0.05) is 11.6 Å². The van der Waals surface area contributed by atoms with Gasteiger partial charge in [0.25, 0.3) is 5.91 Å². The van der Waals surface area contributed by atoms with Crippen molar-refractivity contribution in [3.8, 4) is 0 Å². The van der Waals surface area contributed by atoms with E-state index in [0.29, 0.717) is 12.0 Å². The molecule has 1 aromatic rings. The molecule has 0 radical (unpaired) electrons. The highest BCUT2D eigenvalue weighted by molar-refractivity contribution is 6.29. The Labute approximate surface area is 113 Å². The summed E-state index contributed by atoms with van der Waals surface area (Å²) in [5.41, 5.74) is -1.56. The molecule has 1 aliphatic rings. The largest absolute Gasteiger partial charge is 0.383 e.